The van der Waals surface area contributed by atoms with Gasteiger partial charge in [0.15, 0.2) is 0 Å². The highest BCUT2D eigenvalue weighted by Crippen LogP contribution is 2.29. The first-order valence-electron chi connectivity index (χ1n) is 6.06. The number of hydrogen-bond donors (Lipinski definition) is 2. The zero-order valence-electron chi connectivity index (χ0n) is 9.90. The van der Waals surface area contributed by atoms with Crippen LogP contribution in [-0.4, -0.2) is 30.3 Å². The fourth-order valence-corrected chi connectivity index (χ4v) is 2.59. The van der Waals surface area contributed by atoms with Gasteiger partial charge < -0.3 is 15.7 Å². The molecular formula is C13H19ClN2O. The second kappa shape index (κ2) is 5.25. The molecule has 0 aromatic heterocycles. The first kappa shape index (κ1) is 12.7. The lowest BCUT2D eigenvalue weighted by molar-refractivity contribution is 0.0375. The summed E-state index contributed by atoms with van der Waals surface area (Å²) in [5.74, 6) is 0. The number of para-hydroxylation sites is 1. The van der Waals surface area contributed by atoms with E-state index in [1.165, 1.54) is 0 Å². The first-order valence-corrected chi connectivity index (χ1v) is 6.44. The molecule has 1 fully saturated rings. The Kier molecular flexibility index (Phi) is 3.92. The van der Waals surface area contributed by atoms with Crippen molar-refractivity contribution in [2.45, 2.75) is 24.9 Å². The number of rotatable bonds is 2. The van der Waals surface area contributed by atoms with Crippen LogP contribution >= 0.6 is 11.6 Å². The van der Waals surface area contributed by atoms with Gasteiger partial charge in [-0.25, -0.2) is 0 Å². The van der Waals surface area contributed by atoms with Gasteiger partial charge in [-0.1, -0.05) is 23.7 Å². The molecule has 3 nitrogen and oxygen atoms in total. The molecule has 0 aliphatic carbocycles. The number of halogens is 1. The SMILES string of the molecule is NCC1(O)CCCN(c2ccccc2Cl)CC1. The third-order valence-electron chi connectivity index (χ3n) is 3.49. The van der Waals surface area contributed by atoms with Crippen LogP contribution in [0.3, 0.4) is 0 Å². The Labute approximate surface area is 107 Å². The standard InChI is InChI=1S/C13H19ClN2O/c14-11-4-1-2-5-12(11)16-8-3-6-13(17,10-15)7-9-16/h1-2,4-5,17H,3,6-10,15H2. The Morgan fingerprint density at radius 3 is 2.76 bits per heavy atom. The quantitative estimate of drug-likeness (QED) is 0.849. The first-order chi connectivity index (χ1) is 8.14. The Balaban J connectivity index is 2.12. The second-order valence-electron chi connectivity index (χ2n) is 4.72. The van der Waals surface area contributed by atoms with Crippen LogP contribution in [0, 0.1) is 0 Å². The van der Waals surface area contributed by atoms with Gasteiger partial charge in [0.05, 0.1) is 16.3 Å². The fraction of sp³-hybridized carbons (Fsp3) is 0.538. The van der Waals surface area contributed by atoms with Gasteiger partial charge in [0.25, 0.3) is 0 Å². The number of anilines is 1. The maximum Gasteiger partial charge on any atom is 0.0786 e. The summed E-state index contributed by atoms with van der Waals surface area (Å²) in [5, 5.41) is 11.0. The van der Waals surface area contributed by atoms with Gasteiger partial charge in [-0.15, -0.1) is 0 Å². The molecule has 1 saturated heterocycles. The van der Waals surface area contributed by atoms with E-state index >= 15 is 0 Å². The Bertz CT molecular complexity index is 385. The lowest BCUT2D eigenvalue weighted by Crippen LogP contribution is -2.38. The highest BCUT2D eigenvalue weighted by Gasteiger charge is 2.28. The Hall–Kier alpha value is -0.770. The van der Waals surface area contributed by atoms with E-state index in [0.717, 1.165) is 36.6 Å². The minimum Gasteiger partial charge on any atom is -0.389 e. The van der Waals surface area contributed by atoms with Crippen molar-refractivity contribution in [2.75, 3.05) is 24.5 Å². The minimum atomic E-state index is -0.698. The summed E-state index contributed by atoms with van der Waals surface area (Å²) in [6, 6.07) is 7.84. The van der Waals surface area contributed by atoms with Crippen molar-refractivity contribution in [1.82, 2.24) is 0 Å². The zero-order valence-corrected chi connectivity index (χ0v) is 10.7. The molecular weight excluding hydrogens is 236 g/mol. The van der Waals surface area contributed by atoms with Crippen molar-refractivity contribution in [2.24, 2.45) is 5.73 Å². The lowest BCUT2D eigenvalue weighted by Gasteiger charge is -2.26. The summed E-state index contributed by atoms with van der Waals surface area (Å²) in [6.07, 6.45) is 2.41. The highest BCUT2D eigenvalue weighted by atomic mass is 35.5. The van der Waals surface area contributed by atoms with Gasteiger partial charge in [-0.05, 0) is 31.4 Å². The predicted octanol–water partition coefficient (Wildman–Crippen LogP) is 2.02. The van der Waals surface area contributed by atoms with Gasteiger partial charge >= 0.3 is 0 Å². The molecule has 2 rings (SSSR count). The molecule has 0 amide bonds. The predicted molar refractivity (Wildman–Crippen MR) is 71.5 cm³/mol. The molecule has 17 heavy (non-hydrogen) atoms. The van der Waals surface area contributed by atoms with Crippen LogP contribution in [0.2, 0.25) is 5.02 Å². The van der Waals surface area contributed by atoms with E-state index < -0.39 is 5.60 Å². The topological polar surface area (TPSA) is 49.5 Å². The number of nitrogens with two attached hydrogens (primary N) is 1. The maximum absolute atomic E-state index is 10.2. The normalized spacial score (nSPS) is 25.7. The average Bonchev–Trinajstić information content (AvgIpc) is 2.53. The van der Waals surface area contributed by atoms with Crippen LogP contribution < -0.4 is 10.6 Å². The summed E-state index contributed by atoms with van der Waals surface area (Å²) >= 11 is 6.19. The number of hydrogen-bond acceptors (Lipinski definition) is 3. The van der Waals surface area contributed by atoms with Crippen LogP contribution in [-0.2, 0) is 0 Å². The number of nitrogens with zero attached hydrogens (tertiary/aromatic N) is 1. The molecule has 1 atom stereocenters. The van der Waals surface area contributed by atoms with E-state index in [1.54, 1.807) is 0 Å². The van der Waals surface area contributed by atoms with Crippen LogP contribution in [0.5, 0.6) is 0 Å². The van der Waals surface area contributed by atoms with Gasteiger partial charge in [-0.3, -0.25) is 0 Å². The molecule has 0 spiro atoms. The van der Waals surface area contributed by atoms with E-state index in [4.69, 9.17) is 17.3 Å². The van der Waals surface area contributed by atoms with Crippen LogP contribution in [0.1, 0.15) is 19.3 Å². The molecule has 0 radical (unpaired) electrons. The van der Waals surface area contributed by atoms with Crippen LogP contribution in [0.4, 0.5) is 5.69 Å². The summed E-state index contributed by atoms with van der Waals surface area (Å²) in [5.41, 5.74) is 5.98. The van der Waals surface area contributed by atoms with Crippen molar-refractivity contribution in [1.29, 1.82) is 0 Å². The molecule has 0 bridgehead atoms. The molecule has 1 unspecified atom stereocenters. The van der Waals surface area contributed by atoms with E-state index in [2.05, 4.69) is 4.90 Å². The van der Waals surface area contributed by atoms with Gasteiger partial charge in [0.2, 0.25) is 0 Å². The average molecular weight is 255 g/mol. The monoisotopic (exact) mass is 254 g/mol. The van der Waals surface area contributed by atoms with Crippen molar-refractivity contribution in [3.63, 3.8) is 0 Å². The molecule has 94 valence electrons. The van der Waals surface area contributed by atoms with E-state index in [-0.39, 0.29) is 0 Å². The Morgan fingerprint density at radius 1 is 1.29 bits per heavy atom. The van der Waals surface area contributed by atoms with Crippen LogP contribution in [0.15, 0.2) is 24.3 Å². The summed E-state index contributed by atoms with van der Waals surface area (Å²) in [6.45, 7) is 2.06. The maximum atomic E-state index is 10.2. The molecule has 1 aromatic carbocycles. The summed E-state index contributed by atoms with van der Waals surface area (Å²) in [4.78, 5) is 2.23. The smallest absolute Gasteiger partial charge is 0.0786 e. The van der Waals surface area contributed by atoms with E-state index in [9.17, 15) is 5.11 Å². The van der Waals surface area contributed by atoms with Crippen molar-refractivity contribution in [3.05, 3.63) is 29.3 Å². The van der Waals surface area contributed by atoms with E-state index in [0.29, 0.717) is 13.0 Å². The minimum absolute atomic E-state index is 0.337. The Morgan fingerprint density at radius 2 is 2.06 bits per heavy atom. The van der Waals surface area contributed by atoms with Gasteiger partial charge in [0, 0.05) is 19.6 Å². The van der Waals surface area contributed by atoms with Crippen LogP contribution in [0.25, 0.3) is 0 Å². The third-order valence-corrected chi connectivity index (χ3v) is 3.81. The molecule has 3 N–H and O–H groups in total. The molecule has 4 heteroatoms. The third kappa shape index (κ3) is 2.92. The fourth-order valence-electron chi connectivity index (χ4n) is 2.33. The summed E-state index contributed by atoms with van der Waals surface area (Å²) < 4.78 is 0. The highest BCUT2D eigenvalue weighted by molar-refractivity contribution is 6.33. The van der Waals surface area contributed by atoms with Gasteiger partial charge in [0.1, 0.15) is 0 Å². The van der Waals surface area contributed by atoms with E-state index in [1.807, 2.05) is 24.3 Å². The lowest BCUT2D eigenvalue weighted by atomic mass is 9.95. The molecule has 0 saturated carbocycles. The second-order valence-corrected chi connectivity index (χ2v) is 5.13. The molecule has 1 aliphatic heterocycles. The number of aliphatic hydroxyl groups is 1. The molecule has 1 aromatic rings. The van der Waals surface area contributed by atoms with Crippen molar-refractivity contribution in [3.8, 4) is 0 Å². The van der Waals surface area contributed by atoms with Gasteiger partial charge in [-0.2, -0.15) is 0 Å². The zero-order chi connectivity index (χ0) is 12.3. The number of benzene rings is 1. The van der Waals surface area contributed by atoms with Crippen molar-refractivity contribution >= 4 is 17.3 Å². The largest absolute Gasteiger partial charge is 0.389 e. The van der Waals surface area contributed by atoms with Crippen molar-refractivity contribution < 1.29 is 5.11 Å². The molecule has 1 heterocycles. The summed E-state index contributed by atoms with van der Waals surface area (Å²) in [7, 11) is 0. The molecule has 1 aliphatic rings.